The molecule has 0 aromatic heterocycles. The molecule has 26 heavy (non-hydrogen) atoms. The maximum absolute atomic E-state index is 5.99. The van der Waals surface area contributed by atoms with Crippen molar-refractivity contribution in [3.05, 3.63) is 81.8 Å². The number of hydrogen-bond acceptors (Lipinski definition) is 2. The van der Waals surface area contributed by atoms with Gasteiger partial charge < -0.3 is 15.4 Å². The van der Waals surface area contributed by atoms with Gasteiger partial charge in [0, 0.05) is 16.4 Å². The summed E-state index contributed by atoms with van der Waals surface area (Å²) in [7, 11) is 0. The Bertz CT molecular complexity index is 915. The lowest BCUT2D eigenvalue weighted by atomic mass is 10.3. The molecule has 0 aliphatic carbocycles. The molecule has 0 aliphatic rings. The van der Waals surface area contributed by atoms with E-state index in [-0.39, 0.29) is 0 Å². The first-order valence-corrected chi connectivity index (χ1v) is 9.10. The molecule has 0 saturated carbocycles. The summed E-state index contributed by atoms with van der Waals surface area (Å²) < 4.78 is 5.75. The van der Waals surface area contributed by atoms with Gasteiger partial charge in [-0.15, -0.1) is 0 Å². The third kappa shape index (κ3) is 5.26. The maximum Gasteiger partial charge on any atom is 0.175 e. The third-order valence-corrected chi connectivity index (χ3v) is 4.53. The Morgan fingerprint density at radius 3 is 1.85 bits per heavy atom. The lowest BCUT2D eigenvalue weighted by Gasteiger charge is -2.12. The molecule has 0 atom stereocenters. The lowest BCUT2D eigenvalue weighted by molar-refractivity contribution is 0.483. The standard InChI is InChI=1S/C19H13Cl3N2OS/c20-12-1-6-15(7-2-12)25-16-8-3-13(4-9-16)23-19(26)24-14-5-10-17(21)18(22)11-14/h1-11H,(H2,23,24,26). The zero-order valence-corrected chi connectivity index (χ0v) is 16.4. The Labute approximate surface area is 171 Å². The van der Waals surface area contributed by atoms with Gasteiger partial charge in [0.1, 0.15) is 11.5 Å². The van der Waals surface area contributed by atoms with Crippen molar-refractivity contribution in [2.24, 2.45) is 0 Å². The van der Waals surface area contributed by atoms with Gasteiger partial charge in [0.15, 0.2) is 5.11 Å². The van der Waals surface area contributed by atoms with Crippen LogP contribution < -0.4 is 15.4 Å². The highest BCUT2D eigenvalue weighted by Gasteiger charge is 2.03. The highest BCUT2D eigenvalue weighted by atomic mass is 35.5. The van der Waals surface area contributed by atoms with Crippen molar-refractivity contribution in [2.45, 2.75) is 0 Å². The van der Waals surface area contributed by atoms with Gasteiger partial charge in [-0.1, -0.05) is 34.8 Å². The van der Waals surface area contributed by atoms with Gasteiger partial charge in [0.05, 0.1) is 10.0 Å². The van der Waals surface area contributed by atoms with Gasteiger partial charge in [-0.05, 0) is 78.9 Å². The van der Waals surface area contributed by atoms with E-state index in [1.54, 1.807) is 30.3 Å². The van der Waals surface area contributed by atoms with Gasteiger partial charge >= 0.3 is 0 Å². The van der Waals surface area contributed by atoms with Crippen molar-refractivity contribution >= 4 is 63.5 Å². The van der Waals surface area contributed by atoms with Crippen LogP contribution in [0.5, 0.6) is 11.5 Å². The van der Waals surface area contributed by atoms with E-state index in [2.05, 4.69) is 10.6 Å². The molecule has 7 heteroatoms. The number of anilines is 2. The molecule has 0 radical (unpaired) electrons. The monoisotopic (exact) mass is 422 g/mol. The van der Waals surface area contributed by atoms with Crippen LogP contribution in [0.2, 0.25) is 15.1 Å². The van der Waals surface area contributed by atoms with E-state index in [1.165, 1.54) is 0 Å². The number of nitrogens with one attached hydrogen (secondary N) is 2. The van der Waals surface area contributed by atoms with E-state index >= 15 is 0 Å². The fourth-order valence-electron chi connectivity index (χ4n) is 2.11. The van der Waals surface area contributed by atoms with Gasteiger partial charge in [0.25, 0.3) is 0 Å². The molecule has 0 saturated heterocycles. The van der Waals surface area contributed by atoms with Gasteiger partial charge in [-0.2, -0.15) is 0 Å². The van der Waals surface area contributed by atoms with Crippen LogP contribution in [0.3, 0.4) is 0 Å². The number of hydrogen-bond donors (Lipinski definition) is 2. The second-order valence-electron chi connectivity index (χ2n) is 5.29. The zero-order valence-electron chi connectivity index (χ0n) is 13.3. The van der Waals surface area contributed by atoms with Gasteiger partial charge in [-0.25, -0.2) is 0 Å². The predicted molar refractivity (Wildman–Crippen MR) is 114 cm³/mol. The largest absolute Gasteiger partial charge is 0.457 e. The normalized spacial score (nSPS) is 10.3. The van der Waals surface area contributed by atoms with Crippen molar-refractivity contribution < 1.29 is 4.74 Å². The predicted octanol–water partition coefficient (Wildman–Crippen LogP) is 7.25. The summed E-state index contributed by atoms with van der Waals surface area (Å²) >= 11 is 23.1. The first-order chi connectivity index (χ1) is 12.5. The Hall–Kier alpha value is -1.98. The SMILES string of the molecule is S=C(Nc1ccc(Oc2ccc(Cl)cc2)cc1)Nc1ccc(Cl)c(Cl)c1. The molecular weight excluding hydrogens is 411 g/mol. The molecule has 0 spiro atoms. The van der Waals surface area contributed by atoms with Crippen molar-refractivity contribution in [3.8, 4) is 11.5 Å². The molecule has 0 fully saturated rings. The molecule has 3 nitrogen and oxygen atoms in total. The van der Waals surface area contributed by atoms with Gasteiger partial charge in [0.2, 0.25) is 0 Å². The summed E-state index contributed by atoms with van der Waals surface area (Å²) in [6, 6.07) is 19.8. The van der Waals surface area contributed by atoms with E-state index in [4.69, 9.17) is 51.8 Å². The average molecular weight is 424 g/mol. The fourth-order valence-corrected chi connectivity index (χ4v) is 2.77. The summed E-state index contributed by atoms with van der Waals surface area (Å²) in [4.78, 5) is 0. The Balaban J connectivity index is 1.58. The summed E-state index contributed by atoms with van der Waals surface area (Å²) in [6.45, 7) is 0. The smallest absolute Gasteiger partial charge is 0.175 e. The second-order valence-corrected chi connectivity index (χ2v) is 6.95. The lowest BCUT2D eigenvalue weighted by Crippen LogP contribution is -2.18. The zero-order chi connectivity index (χ0) is 18.5. The van der Waals surface area contributed by atoms with Crippen molar-refractivity contribution in [1.29, 1.82) is 0 Å². The van der Waals surface area contributed by atoms with E-state index in [9.17, 15) is 0 Å². The molecule has 132 valence electrons. The highest BCUT2D eigenvalue weighted by molar-refractivity contribution is 7.80. The average Bonchev–Trinajstić information content (AvgIpc) is 2.62. The van der Waals surface area contributed by atoms with Crippen LogP contribution in [0.25, 0.3) is 0 Å². The minimum atomic E-state index is 0.440. The minimum Gasteiger partial charge on any atom is -0.457 e. The molecule has 3 aromatic rings. The van der Waals surface area contributed by atoms with Crippen molar-refractivity contribution in [3.63, 3.8) is 0 Å². The van der Waals surface area contributed by atoms with E-state index in [1.807, 2.05) is 36.4 Å². The van der Waals surface area contributed by atoms with Crippen LogP contribution in [0.4, 0.5) is 11.4 Å². The molecule has 0 aliphatic heterocycles. The van der Waals surface area contributed by atoms with E-state index < -0.39 is 0 Å². The Kier molecular flexibility index (Phi) is 6.22. The third-order valence-electron chi connectivity index (χ3n) is 3.34. The van der Waals surface area contributed by atoms with Gasteiger partial charge in [-0.3, -0.25) is 0 Å². The first kappa shape index (κ1) is 18.8. The van der Waals surface area contributed by atoms with Crippen LogP contribution in [-0.4, -0.2) is 5.11 Å². The first-order valence-electron chi connectivity index (χ1n) is 7.56. The topological polar surface area (TPSA) is 33.3 Å². The van der Waals surface area contributed by atoms with Crippen molar-refractivity contribution in [1.82, 2.24) is 0 Å². The summed E-state index contributed by atoms with van der Waals surface area (Å²) in [5, 5.41) is 8.21. The highest BCUT2D eigenvalue weighted by Crippen LogP contribution is 2.26. The van der Waals surface area contributed by atoms with E-state index in [0.717, 1.165) is 11.4 Å². The molecule has 3 aromatic carbocycles. The Morgan fingerprint density at radius 2 is 1.23 bits per heavy atom. The number of ether oxygens (including phenoxy) is 1. The molecule has 0 amide bonds. The molecule has 0 unspecified atom stereocenters. The number of thiocarbonyl (C=S) groups is 1. The number of benzene rings is 3. The summed E-state index contributed by atoms with van der Waals surface area (Å²) in [6.07, 6.45) is 0. The molecule has 2 N–H and O–H groups in total. The summed E-state index contributed by atoms with van der Waals surface area (Å²) in [5.74, 6) is 1.42. The van der Waals surface area contributed by atoms with Crippen LogP contribution >= 0.6 is 47.0 Å². The van der Waals surface area contributed by atoms with Crippen LogP contribution in [0, 0.1) is 0 Å². The maximum atomic E-state index is 5.99. The second kappa shape index (κ2) is 8.60. The number of halogens is 3. The van der Waals surface area contributed by atoms with Crippen LogP contribution in [0.1, 0.15) is 0 Å². The van der Waals surface area contributed by atoms with Crippen LogP contribution in [-0.2, 0) is 0 Å². The van der Waals surface area contributed by atoms with E-state index in [0.29, 0.717) is 31.7 Å². The Morgan fingerprint density at radius 1 is 0.692 bits per heavy atom. The molecule has 0 heterocycles. The van der Waals surface area contributed by atoms with Crippen molar-refractivity contribution in [2.75, 3.05) is 10.6 Å². The molecule has 3 rings (SSSR count). The fraction of sp³-hybridized carbons (Fsp3) is 0. The minimum absolute atomic E-state index is 0.440. The number of rotatable bonds is 4. The van der Waals surface area contributed by atoms with Crippen LogP contribution in [0.15, 0.2) is 66.7 Å². The molecular formula is C19H13Cl3N2OS. The quantitative estimate of drug-likeness (QED) is 0.433. The molecule has 0 bridgehead atoms. The summed E-state index contributed by atoms with van der Waals surface area (Å²) in [5.41, 5.74) is 1.57.